The topological polar surface area (TPSA) is 96.2 Å². The molecule has 1 aliphatic carbocycles. The molecule has 1 spiro atoms. The molecule has 0 atom stereocenters. The number of carbonyl (C=O) groups is 1. The lowest BCUT2D eigenvalue weighted by Crippen LogP contribution is -2.57. The van der Waals surface area contributed by atoms with E-state index < -0.39 is 5.82 Å². The number of piperazine rings is 1. The number of anilines is 1. The smallest absolute Gasteiger partial charge is 0.254 e. The van der Waals surface area contributed by atoms with E-state index in [-0.39, 0.29) is 28.3 Å². The van der Waals surface area contributed by atoms with Crippen molar-refractivity contribution in [2.75, 3.05) is 24.5 Å². The van der Waals surface area contributed by atoms with Gasteiger partial charge >= 0.3 is 0 Å². The second kappa shape index (κ2) is 6.21. The van der Waals surface area contributed by atoms with Crippen molar-refractivity contribution in [2.24, 2.45) is 0 Å². The number of aromatic amines is 1. The average molecular weight is 391 g/mol. The molecule has 29 heavy (non-hydrogen) atoms. The van der Waals surface area contributed by atoms with Gasteiger partial charge in [0.2, 0.25) is 0 Å². The highest BCUT2D eigenvalue weighted by Crippen LogP contribution is 2.47. The van der Waals surface area contributed by atoms with Crippen LogP contribution in [0.15, 0.2) is 36.7 Å². The number of nitrogens with zero attached hydrogens (tertiary/aromatic N) is 4. The number of amides is 1. The molecule has 2 fully saturated rings. The summed E-state index contributed by atoms with van der Waals surface area (Å²) in [6, 6.07) is 7.64. The van der Waals surface area contributed by atoms with E-state index >= 15 is 0 Å². The number of hydrogen-bond donors (Lipinski definition) is 2. The molecule has 7 nitrogen and oxygen atoms in total. The van der Waals surface area contributed by atoms with Crippen LogP contribution in [0, 0.1) is 17.1 Å². The van der Waals surface area contributed by atoms with Crippen LogP contribution in [0.1, 0.15) is 28.8 Å². The van der Waals surface area contributed by atoms with Crippen molar-refractivity contribution in [2.45, 2.75) is 18.4 Å². The number of H-pyrrole nitrogens is 1. The molecule has 2 aliphatic rings. The number of nitriles is 1. The molecule has 1 aliphatic heterocycles. The molecular weight excluding hydrogens is 373 g/mol. The minimum atomic E-state index is -0.682. The molecule has 3 aromatic rings. The van der Waals surface area contributed by atoms with E-state index in [2.05, 4.69) is 14.9 Å². The monoisotopic (exact) mass is 391 g/mol. The summed E-state index contributed by atoms with van der Waals surface area (Å²) in [7, 11) is 0. The summed E-state index contributed by atoms with van der Waals surface area (Å²) in [6.07, 6.45) is 4.93. The van der Waals surface area contributed by atoms with Gasteiger partial charge in [0.25, 0.3) is 5.91 Å². The summed E-state index contributed by atoms with van der Waals surface area (Å²) < 4.78 is 14.0. The third kappa shape index (κ3) is 2.70. The summed E-state index contributed by atoms with van der Waals surface area (Å²) >= 11 is 0. The lowest BCUT2D eigenvalue weighted by molar-refractivity contribution is 0.0624. The minimum absolute atomic E-state index is 0.0730. The van der Waals surface area contributed by atoms with E-state index in [0.717, 1.165) is 30.0 Å². The van der Waals surface area contributed by atoms with Crippen molar-refractivity contribution >= 4 is 22.6 Å². The number of halogens is 1. The van der Waals surface area contributed by atoms with Crippen LogP contribution in [0.25, 0.3) is 11.0 Å². The maximum Gasteiger partial charge on any atom is 0.254 e. The van der Waals surface area contributed by atoms with Gasteiger partial charge in [-0.2, -0.15) is 5.26 Å². The molecule has 0 bridgehead atoms. The molecule has 146 valence electrons. The second-order valence-electron chi connectivity index (χ2n) is 7.64. The molecule has 2 N–H and O–H groups in total. The van der Waals surface area contributed by atoms with Gasteiger partial charge in [-0.25, -0.2) is 9.37 Å². The highest BCUT2D eigenvalue weighted by Gasteiger charge is 2.53. The molecule has 0 radical (unpaired) electrons. The van der Waals surface area contributed by atoms with E-state index in [4.69, 9.17) is 5.26 Å². The molecule has 2 aromatic heterocycles. The third-order valence-electron chi connectivity index (χ3n) is 5.92. The summed E-state index contributed by atoms with van der Waals surface area (Å²) in [5, 5.41) is 20.2. The van der Waals surface area contributed by atoms with Crippen molar-refractivity contribution in [3.8, 4) is 11.8 Å². The number of rotatable bonds is 2. The Balaban J connectivity index is 1.44. The van der Waals surface area contributed by atoms with Crippen molar-refractivity contribution in [3.05, 3.63) is 53.6 Å². The number of aromatic nitrogens is 2. The Morgan fingerprint density at radius 1 is 1.31 bits per heavy atom. The molecule has 3 heterocycles. The Bertz CT molecular complexity index is 1180. The van der Waals surface area contributed by atoms with Crippen LogP contribution in [0.2, 0.25) is 0 Å². The van der Waals surface area contributed by atoms with Gasteiger partial charge < -0.3 is 19.9 Å². The normalized spacial score (nSPS) is 17.5. The van der Waals surface area contributed by atoms with Gasteiger partial charge in [-0.3, -0.25) is 4.79 Å². The standard InChI is InChI=1S/C21H18FN5O2/c22-16-9-13(1-2-14(16)10-23)20(29)27-8-7-26(12-21(27)4-5-21)18-15-3-6-24-19(15)25-11-17(18)28/h1-3,6,9,11,28H,4-5,7-8,12H2,(H,24,25). The fraction of sp³-hybridized carbons (Fsp3) is 0.286. The Kier molecular flexibility index (Phi) is 3.74. The molecule has 5 rings (SSSR count). The quantitative estimate of drug-likeness (QED) is 0.700. The van der Waals surface area contributed by atoms with Gasteiger partial charge in [0.1, 0.15) is 17.5 Å². The van der Waals surface area contributed by atoms with Crippen molar-refractivity contribution in [1.82, 2.24) is 14.9 Å². The molecular formula is C21H18FN5O2. The van der Waals surface area contributed by atoms with E-state index in [1.54, 1.807) is 12.3 Å². The highest BCUT2D eigenvalue weighted by atomic mass is 19.1. The molecule has 1 amide bonds. The van der Waals surface area contributed by atoms with Crippen molar-refractivity contribution in [3.63, 3.8) is 0 Å². The van der Waals surface area contributed by atoms with Crippen LogP contribution in [-0.4, -0.2) is 51.1 Å². The van der Waals surface area contributed by atoms with Gasteiger partial charge in [-0.1, -0.05) is 0 Å². The number of pyridine rings is 1. The highest BCUT2D eigenvalue weighted by molar-refractivity contribution is 5.96. The molecule has 1 aromatic carbocycles. The zero-order chi connectivity index (χ0) is 20.2. The first kappa shape index (κ1) is 17.5. The van der Waals surface area contributed by atoms with Crippen molar-refractivity contribution < 1.29 is 14.3 Å². The number of carbonyl (C=O) groups excluding carboxylic acids is 1. The largest absolute Gasteiger partial charge is 0.504 e. The Labute approximate surface area is 166 Å². The van der Waals surface area contributed by atoms with Crippen LogP contribution in [-0.2, 0) is 0 Å². The van der Waals surface area contributed by atoms with E-state index in [0.29, 0.717) is 25.3 Å². The van der Waals surface area contributed by atoms with Gasteiger partial charge in [-0.15, -0.1) is 0 Å². The molecule has 1 saturated carbocycles. The fourth-order valence-corrected chi connectivity index (χ4v) is 4.27. The SMILES string of the molecule is N#Cc1ccc(C(=O)N2CCN(c3c(O)cnc4[nH]ccc34)CC23CC3)cc1F. The molecule has 0 unspecified atom stereocenters. The van der Waals surface area contributed by atoms with Crippen LogP contribution in [0.5, 0.6) is 5.75 Å². The lowest BCUT2D eigenvalue weighted by atomic mass is 10.0. The zero-order valence-electron chi connectivity index (χ0n) is 15.5. The predicted molar refractivity (Wildman–Crippen MR) is 104 cm³/mol. The van der Waals surface area contributed by atoms with Crippen LogP contribution in [0.4, 0.5) is 10.1 Å². The maximum atomic E-state index is 14.0. The van der Waals surface area contributed by atoms with Gasteiger partial charge in [0.15, 0.2) is 5.75 Å². The van der Waals surface area contributed by atoms with Crippen molar-refractivity contribution in [1.29, 1.82) is 5.26 Å². The minimum Gasteiger partial charge on any atom is -0.504 e. The third-order valence-corrected chi connectivity index (χ3v) is 5.92. The van der Waals surface area contributed by atoms with Gasteiger partial charge in [0, 0.05) is 36.8 Å². The van der Waals surface area contributed by atoms with E-state index in [1.165, 1.54) is 18.3 Å². The number of hydrogen-bond acceptors (Lipinski definition) is 5. The molecule has 1 saturated heterocycles. The lowest BCUT2D eigenvalue weighted by Gasteiger charge is -2.43. The number of benzene rings is 1. The summed E-state index contributed by atoms with van der Waals surface area (Å²) in [5.41, 5.74) is 1.28. The van der Waals surface area contributed by atoms with Crippen LogP contribution < -0.4 is 4.90 Å². The first-order valence-electron chi connectivity index (χ1n) is 9.44. The van der Waals surface area contributed by atoms with E-state index in [1.807, 2.05) is 11.0 Å². The average Bonchev–Trinajstić information content (AvgIpc) is 3.30. The first-order chi connectivity index (χ1) is 14.0. The zero-order valence-corrected chi connectivity index (χ0v) is 15.5. The Hall–Kier alpha value is -3.60. The summed E-state index contributed by atoms with van der Waals surface area (Å²) in [5.74, 6) is -0.795. The number of nitrogens with one attached hydrogen (secondary N) is 1. The predicted octanol–water partition coefficient (Wildman–Crippen LogP) is 2.77. The van der Waals surface area contributed by atoms with Gasteiger partial charge in [0.05, 0.1) is 23.0 Å². The second-order valence-corrected chi connectivity index (χ2v) is 7.64. The van der Waals surface area contributed by atoms with E-state index in [9.17, 15) is 14.3 Å². The van der Waals surface area contributed by atoms with Gasteiger partial charge in [-0.05, 0) is 37.1 Å². The molecule has 8 heteroatoms. The van der Waals surface area contributed by atoms with Crippen LogP contribution in [0.3, 0.4) is 0 Å². The summed E-state index contributed by atoms with van der Waals surface area (Å²) in [6.45, 7) is 1.60. The first-order valence-corrected chi connectivity index (χ1v) is 9.44. The summed E-state index contributed by atoms with van der Waals surface area (Å²) in [4.78, 5) is 24.3. The fourth-order valence-electron chi connectivity index (χ4n) is 4.27. The van der Waals surface area contributed by atoms with Crippen LogP contribution >= 0.6 is 0 Å². The Morgan fingerprint density at radius 3 is 2.86 bits per heavy atom. The maximum absolute atomic E-state index is 14.0. The number of aromatic hydroxyl groups is 1. The Morgan fingerprint density at radius 2 is 2.14 bits per heavy atom. The number of fused-ring (bicyclic) bond motifs is 1.